The van der Waals surface area contributed by atoms with Crippen molar-refractivity contribution in [2.45, 2.75) is 221 Å². The molecule has 15 rings (SSSR count). The summed E-state index contributed by atoms with van der Waals surface area (Å²) in [4.78, 5) is 66.8. The van der Waals surface area contributed by atoms with Gasteiger partial charge in [-0.25, -0.2) is 45.6 Å². The molecular formula is C119H125F3O19S5. The summed E-state index contributed by atoms with van der Waals surface area (Å²) < 4.78 is 118. The Labute approximate surface area is 864 Å². The van der Waals surface area contributed by atoms with E-state index in [4.69, 9.17) is 22.1 Å². The van der Waals surface area contributed by atoms with E-state index in [9.17, 15) is 79.5 Å². The lowest BCUT2D eigenvalue weighted by Crippen LogP contribution is -2.14. The molecule has 5 aromatic heterocycles. The largest absolute Gasteiger partial charge is 0.507 e. The molecule has 15 aromatic rings. The van der Waals surface area contributed by atoms with Crippen LogP contribution in [0.25, 0.3) is 55.6 Å². The normalized spacial score (nSPS) is 12.1. The van der Waals surface area contributed by atoms with E-state index in [1.807, 2.05) is 203 Å². The second-order valence-corrected chi connectivity index (χ2v) is 44.7. The number of hydrogen-bond acceptors (Lipinski definition) is 21. The third-order valence-electron chi connectivity index (χ3n) is 25.3. The fraction of sp³-hybridized carbons (Fsp3) is 0.286. The maximum Gasteiger partial charge on any atom is 0.347 e. The number of halogens is 3. The molecule has 0 amide bonds. The summed E-state index contributed by atoms with van der Waals surface area (Å²) in [5.74, 6) is 0.942. The molecule has 0 aliphatic carbocycles. The van der Waals surface area contributed by atoms with Crippen LogP contribution in [0.3, 0.4) is 0 Å². The van der Waals surface area contributed by atoms with Crippen LogP contribution in [0.15, 0.2) is 265 Å². The van der Waals surface area contributed by atoms with Gasteiger partial charge >= 0.3 is 28.1 Å². The molecule has 0 spiro atoms. The zero-order valence-electron chi connectivity index (χ0n) is 86.3. The summed E-state index contributed by atoms with van der Waals surface area (Å²) >= 11 is 3.18. The zero-order valence-corrected chi connectivity index (χ0v) is 90.4. The molecule has 0 bridgehead atoms. The van der Waals surface area contributed by atoms with Gasteiger partial charge in [0, 0.05) is 103 Å². The molecular weight excluding hydrogens is 1950 g/mol. The number of hydrogen-bond donors (Lipinski definition) is 5. The van der Waals surface area contributed by atoms with Crippen molar-refractivity contribution in [3.05, 3.63) is 404 Å². The van der Waals surface area contributed by atoms with Crippen LogP contribution in [0.4, 0.5) is 13.2 Å². The number of sulfone groups is 1. The predicted octanol–water partition coefficient (Wildman–Crippen LogP) is 26.7. The van der Waals surface area contributed by atoms with E-state index in [1.54, 1.807) is 50.7 Å². The van der Waals surface area contributed by atoms with E-state index >= 15 is 0 Å². The summed E-state index contributed by atoms with van der Waals surface area (Å²) in [7, 11) is -6.47. The highest BCUT2D eigenvalue weighted by Crippen LogP contribution is 2.43. The molecule has 27 heteroatoms. The van der Waals surface area contributed by atoms with Crippen molar-refractivity contribution in [2.24, 2.45) is 0 Å². The minimum Gasteiger partial charge on any atom is -0.507 e. The second kappa shape index (κ2) is 49.7. The quantitative estimate of drug-likeness (QED) is 0.0299. The molecule has 0 saturated heterocycles. The fourth-order valence-corrected chi connectivity index (χ4v) is 23.6. The van der Waals surface area contributed by atoms with Crippen LogP contribution in [-0.4, -0.2) is 71.1 Å². The van der Waals surface area contributed by atoms with Crippen molar-refractivity contribution in [1.29, 1.82) is 0 Å². The molecule has 4 unspecified atom stereocenters. The van der Waals surface area contributed by atoms with Gasteiger partial charge in [0.1, 0.15) is 103 Å². The van der Waals surface area contributed by atoms with Gasteiger partial charge < -0.3 is 47.6 Å². The number of thioether (sulfide) groups is 2. The Morgan fingerprint density at radius 3 is 1.10 bits per heavy atom. The molecule has 146 heavy (non-hydrogen) atoms. The van der Waals surface area contributed by atoms with Crippen molar-refractivity contribution in [2.75, 3.05) is 28.8 Å². The van der Waals surface area contributed by atoms with Gasteiger partial charge in [0.2, 0.25) is 0 Å². The predicted molar refractivity (Wildman–Crippen MR) is 580 cm³/mol. The summed E-state index contributed by atoms with van der Waals surface area (Å²) in [5, 5.41) is 53.8. The van der Waals surface area contributed by atoms with Crippen LogP contribution in [0.1, 0.15) is 180 Å². The highest BCUT2D eigenvalue weighted by atomic mass is 32.2. The summed E-state index contributed by atoms with van der Waals surface area (Å²) in [6.07, 6.45) is 2.01. The van der Waals surface area contributed by atoms with Crippen molar-refractivity contribution in [3.8, 4) is 84.4 Å². The van der Waals surface area contributed by atoms with Gasteiger partial charge in [-0.2, -0.15) is 0 Å². The average Bonchev–Trinajstić information content (AvgIpc) is 0.756. The van der Waals surface area contributed by atoms with Gasteiger partial charge in [0.05, 0.1) is 32.2 Å². The summed E-state index contributed by atoms with van der Waals surface area (Å²) in [5.41, 5.74) is 19.8. The number of aryl methyl sites for hydroxylation is 20. The lowest BCUT2D eigenvalue weighted by molar-refractivity contribution is 0.415. The number of aromatic hydroxyl groups is 5. The minimum absolute atomic E-state index is 0.000773. The van der Waals surface area contributed by atoms with Crippen LogP contribution in [0.2, 0.25) is 0 Å². The van der Waals surface area contributed by atoms with E-state index in [-0.39, 0.29) is 115 Å². The molecule has 0 saturated carbocycles. The average molecular weight is 2080 g/mol. The Morgan fingerprint density at radius 1 is 0.336 bits per heavy atom. The van der Waals surface area contributed by atoms with Crippen molar-refractivity contribution in [3.63, 3.8) is 0 Å². The third kappa shape index (κ3) is 27.9. The number of benzene rings is 10. The van der Waals surface area contributed by atoms with E-state index < -0.39 is 71.2 Å². The minimum atomic E-state index is -3.79. The van der Waals surface area contributed by atoms with Crippen molar-refractivity contribution in [1.82, 2.24) is 0 Å². The lowest BCUT2D eigenvalue weighted by atomic mass is 9.90. The zero-order chi connectivity index (χ0) is 107. The highest BCUT2D eigenvalue weighted by molar-refractivity contribution is 7.99. The smallest absolute Gasteiger partial charge is 0.347 e. The second-order valence-electron chi connectivity index (χ2n) is 37.2. The van der Waals surface area contributed by atoms with Gasteiger partial charge in [0.25, 0.3) is 0 Å². The first-order valence-corrected chi connectivity index (χ1v) is 54.2. The maximum atomic E-state index is 13.4. The molecule has 19 nitrogen and oxygen atoms in total. The molecule has 0 fully saturated rings. The number of rotatable bonds is 27. The molecule has 10 aromatic carbocycles. The van der Waals surface area contributed by atoms with E-state index in [2.05, 4.69) is 43.3 Å². The van der Waals surface area contributed by atoms with E-state index in [1.165, 1.54) is 70.8 Å². The monoisotopic (exact) mass is 2070 g/mol. The van der Waals surface area contributed by atoms with Crippen molar-refractivity contribution >= 4 is 55.0 Å². The van der Waals surface area contributed by atoms with Gasteiger partial charge in [-0.1, -0.05) is 170 Å². The molecule has 766 valence electrons. The van der Waals surface area contributed by atoms with E-state index in [0.717, 1.165) is 146 Å². The maximum absolute atomic E-state index is 13.4. The van der Waals surface area contributed by atoms with Crippen molar-refractivity contribution < 1.29 is 77.6 Å². The Hall–Kier alpha value is -13.3. The van der Waals surface area contributed by atoms with Gasteiger partial charge in [-0.3, -0.25) is 8.42 Å². The SMILES string of the molecule is CCc1cc(C)cc(CC)c1-c1c(O)cc(C(C)CS(=O)c2ccc(C)cc2)oc1=O.Cc1cc(C)c(-c2c(O)c(C)c(CCS(=O)(=O)c3cccc(F)c3)oc2=O)c(C)c1.Cc1cc(C)c(-c2c(O)c(C)c(CCS(=O)c3cccc(F)c3)oc2=O)c(C)c1.Cc1cc(C)c(-c2c(O)c(C)c(CCSc3cccc(F)c3)oc2=O)c(C)c1.Cc1ccc(SCC(C)c2cc(O)c(-c3c(C)cc(C)cc3C)c(=O)o2)cc1. The molecule has 0 aliphatic rings. The standard InChI is InChI=1S/C26H30O4S.C24H26O3S.C23H23FO5S.C23H23FO4S.C23H23FO3S/c1-6-19-12-17(4)13-20(7-2)24(19)25-22(27)14-23(30-26(25)28)18(5)15-31(29)21-10-8-16(3)9-11-21;1-14-6-8-19(9-7-14)28-13-18(5)21-12-20(25)23(24(26)27-21)22-16(3)10-15(2)11-17(22)4;1-13-10-14(2)20(15(3)11-13)21-22(25)16(4)19(29-23(21)26)8-9-30(27,28)18-7-5-6-17(24)12-18;1-13-10-14(2)20(15(3)11-13)21-22(25)16(4)19(28-23(21)26)8-9-29(27)18-7-5-6-17(24)12-18;1-13-10-14(2)20(15(3)11-13)21-22(25)16(4)19(27-23(21)26)8-9-28-18-7-5-6-17(24)12-18/h8-14,18,27H,6-7,15H2,1-5H3;6-12,18,25H,13H2,1-5H3;5-7,10-12,25H,8-9H2,1-4H3;5-7,10-12,25H,8-9H2,1-4H3;5-7,10-12,25H,8-9H2,1-4H3. The van der Waals surface area contributed by atoms with E-state index in [0.29, 0.717) is 67.9 Å². The Morgan fingerprint density at radius 2 is 0.692 bits per heavy atom. The first-order valence-electron chi connectivity index (χ1n) is 47.9. The summed E-state index contributed by atoms with van der Waals surface area (Å²) in [6.45, 7) is 42.1. The first kappa shape index (κ1) is 113. The summed E-state index contributed by atoms with van der Waals surface area (Å²) in [6, 6.07) is 55.5. The molecule has 5 heterocycles. The van der Waals surface area contributed by atoms with Crippen LogP contribution in [0, 0.1) is 142 Å². The van der Waals surface area contributed by atoms with Crippen LogP contribution < -0.4 is 28.1 Å². The Kier molecular flexibility index (Phi) is 38.5. The third-order valence-corrected chi connectivity index (χ3v) is 32.2. The Bertz CT molecular complexity index is 7770. The molecule has 0 aliphatic heterocycles. The topological polar surface area (TPSA) is 320 Å². The van der Waals surface area contributed by atoms with Gasteiger partial charge in [-0.15, -0.1) is 23.5 Å². The van der Waals surface area contributed by atoms with Gasteiger partial charge in [0.15, 0.2) is 9.84 Å². The van der Waals surface area contributed by atoms with Crippen LogP contribution >= 0.6 is 23.5 Å². The molecule has 5 N–H and O–H groups in total. The van der Waals surface area contributed by atoms with Crippen LogP contribution in [-0.2, 0) is 63.5 Å². The Balaban J connectivity index is 0.000000174. The molecule has 0 radical (unpaired) electrons. The fourth-order valence-electron chi connectivity index (χ4n) is 18.2. The highest BCUT2D eigenvalue weighted by Gasteiger charge is 2.30. The lowest BCUT2D eigenvalue weighted by Gasteiger charge is -2.17. The van der Waals surface area contributed by atoms with Crippen LogP contribution in [0.5, 0.6) is 28.7 Å². The first-order chi connectivity index (χ1) is 69.0. The van der Waals surface area contributed by atoms with Gasteiger partial charge in [-0.05, 0) is 300 Å². The molecule has 4 atom stereocenters.